The predicted octanol–water partition coefficient (Wildman–Crippen LogP) is 18.1. The number of hydrogen-bond donors (Lipinski definition) is 0. The van der Waals surface area contributed by atoms with Gasteiger partial charge in [-0.3, -0.25) is 0 Å². The fourth-order valence-electron chi connectivity index (χ4n) is 12.8. The normalized spacial score (nSPS) is 17.6. The molecule has 2 atom stereocenters. The zero-order chi connectivity index (χ0) is 45.5. The van der Waals surface area contributed by atoms with Gasteiger partial charge in [-0.05, 0) is 169 Å². The molecule has 0 heteroatoms. The number of fused-ring (bicyclic) bond motifs is 14. The van der Waals surface area contributed by atoms with E-state index in [0.29, 0.717) is 11.8 Å². The zero-order valence-corrected chi connectivity index (χ0v) is 38.9. The van der Waals surface area contributed by atoms with Crippen LogP contribution in [-0.2, 0) is 10.8 Å². The van der Waals surface area contributed by atoms with E-state index in [2.05, 4.69) is 246 Å². The van der Waals surface area contributed by atoms with Gasteiger partial charge in [0.05, 0.1) is 0 Å². The van der Waals surface area contributed by atoms with Gasteiger partial charge in [-0.25, -0.2) is 0 Å². The summed E-state index contributed by atoms with van der Waals surface area (Å²) < 4.78 is 0. The second kappa shape index (κ2) is 14.4. The Bertz CT molecular complexity index is 3920. The molecule has 0 N–H and O–H groups in total. The topological polar surface area (TPSA) is 0 Å². The Morgan fingerprint density at radius 1 is 0.324 bits per heavy atom. The maximum Gasteiger partial charge on any atom is 0.0159 e. The number of rotatable bonds is 4. The molecular formula is C68H50. The van der Waals surface area contributed by atoms with Gasteiger partial charge in [0.15, 0.2) is 0 Å². The van der Waals surface area contributed by atoms with Gasteiger partial charge < -0.3 is 0 Å². The fraction of sp³-hybridized carbons (Fsp3) is 0.118. The molecule has 68 heavy (non-hydrogen) atoms. The van der Waals surface area contributed by atoms with Gasteiger partial charge in [-0.1, -0.05) is 210 Å². The van der Waals surface area contributed by atoms with Gasteiger partial charge >= 0.3 is 0 Å². The smallest absolute Gasteiger partial charge is 0.0159 e. The van der Waals surface area contributed by atoms with Crippen molar-refractivity contribution in [2.24, 2.45) is 5.92 Å². The van der Waals surface area contributed by atoms with Crippen LogP contribution in [0.5, 0.6) is 0 Å². The minimum atomic E-state index is -0.145. The molecule has 4 aliphatic carbocycles. The Morgan fingerprint density at radius 2 is 0.779 bits per heavy atom. The van der Waals surface area contributed by atoms with Crippen molar-refractivity contribution in [1.29, 1.82) is 0 Å². The van der Waals surface area contributed by atoms with Crippen molar-refractivity contribution in [2.45, 2.75) is 44.4 Å². The molecule has 0 spiro atoms. The molecular weight excluding hydrogens is 817 g/mol. The van der Waals surface area contributed by atoms with Gasteiger partial charge in [0, 0.05) is 22.7 Å². The molecule has 0 amide bonds. The van der Waals surface area contributed by atoms with Crippen molar-refractivity contribution >= 4 is 44.0 Å². The average Bonchev–Trinajstić information content (AvgIpc) is 3.76. The molecule has 10 aromatic rings. The van der Waals surface area contributed by atoms with E-state index in [1.165, 1.54) is 132 Å². The van der Waals surface area contributed by atoms with Gasteiger partial charge in [-0.2, -0.15) is 0 Å². The summed E-state index contributed by atoms with van der Waals surface area (Å²) in [6.07, 6.45) is 11.6. The van der Waals surface area contributed by atoms with E-state index in [1.54, 1.807) is 0 Å². The van der Waals surface area contributed by atoms with Crippen molar-refractivity contribution in [2.75, 3.05) is 0 Å². The highest BCUT2D eigenvalue weighted by atomic mass is 14.4. The molecule has 0 aliphatic heterocycles. The van der Waals surface area contributed by atoms with Crippen LogP contribution in [0, 0.1) is 5.92 Å². The summed E-state index contributed by atoms with van der Waals surface area (Å²) in [5, 5.41) is 7.67. The van der Waals surface area contributed by atoms with Crippen LogP contribution < -0.4 is 0 Å². The van der Waals surface area contributed by atoms with Crippen molar-refractivity contribution in [3.8, 4) is 55.6 Å². The lowest BCUT2D eigenvalue weighted by atomic mass is 9.71. The average molecular weight is 867 g/mol. The molecule has 4 aliphatic rings. The fourth-order valence-corrected chi connectivity index (χ4v) is 12.8. The van der Waals surface area contributed by atoms with Crippen LogP contribution in [0.2, 0.25) is 0 Å². The van der Waals surface area contributed by atoms with Crippen LogP contribution in [0.25, 0.3) is 99.6 Å². The minimum absolute atomic E-state index is 0.0261. The summed E-state index contributed by atoms with van der Waals surface area (Å²) in [7, 11) is 0. The Morgan fingerprint density at radius 3 is 1.40 bits per heavy atom. The van der Waals surface area contributed by atoms with Crippen LogP contribution in [0.4, 0.5) is 0 Å². The second-order valence-electron chi connectivity index (χ2n) is 20.8. The van der Waals surface area contributed by atoms with Crippen molar-refractivity contribution < 1.29 is 0 Å². The third kappa shape index (κ3) is 5.74. The summed E-state index contributed by atoms with van der Waals surface area (Å²) in [4.78, 5) is 0. The van der Waals surface area contributed by atoms with Crippen LogP contribution in [0.3, 0.4) is 0 Å². The largest absolute Gasteiger partial charge is 0.0761 e. The van der Waals surface area contributed by atoms with E-state index in [9.17, 15) is 0 Å². The maximum atomic E-state index is 2.47. The summed E-state index contributed by atoms with van der Waals surface area (Å²) in [5.41, 5.74) is 23.9. The Hall–Kier alpha value is -7.80. The summed E-state index contributed by atoms with van der Waals surface area (Å²) >= 11 is 0. The third-order valence-electron chi connectivity index (χ3n) is 16.5. The Labute approximate surface area is 399 Å². The predicted molar refractivity (Wildman–Crippen MR) is 289 cm³/mol. The minimum Gasteiger partial charge on any atom is -0.0761 e. The van der Waals surface area contributed by atoms with E-state index in [4.69, 9.17) is 0 Å². The van der Waals surface area contributed by atoms with E-state index in [-0.39, 0.29) is 10.8 Å². The first kappa shape index (κ1) is 39.4. The number of allylic oxidation sites excluding steroid dienone is 5. The molecule has 0 aromatic heterocycles. The van der Waals surface area contributed by atoms with Crippen molar-refractivity contribution in [3.05, 3.63) is 251 Å². The molecule has 0 heterocycles. The monoisotopic (exact) mass is 866 g/mol. The summed E-state index contributed by atoms with van der Waals surface area (Å²) in [5.74, 6) is 0.683. The van der Waals surface area contributed by atoms with E-state index in [0.717, 1.165) is 0 Å². The first-order valence-corrected chi connectivity index (χ1v) is 24.4. The maximum absolute atomic E-state index is 2.47. The van der Waals surface area contributed by atoms with Crippen molar-refractivity contribution in [3.63, 3.8) is 0 Å². The molecule has 0 bridgehead atoms. The molecule has 0 saturated heterocycles. The van der Waals surface area contributed by atoms with E-state index >= 15 is 0 Å². The first-order chi connectivity index (χ1) is 33.2. The molecule has 14 rings (SSSR count). The van der Waals surface area contributed by atoms with Crippen LogP contribution in [0.1, 0.15) is 72.6 Å². The first-order valence-electron chi connectivity index (χ1n) is 24.4. The van der Waals surface area contributed by atoms with E-state index < -0.39 is 0 Å². The number of hydrogen-bond acceptors (Lipinski definition) is 0. The molecule has 322 valence electrons. The molecule has 0 saturated carbocycles. The summed E-state index contributed by atoms with van der Waals surface area (Å²) in [6, 6.07) is 71.8. The van der Waals surface area contributed by atoms with Gasteiger partial charge in [-0.15, -0.1) is 0 Å². The highest BCUT2D eigenvalue weighted by molar-refractivity contribution is 6.18. The Kier molecular flexibility index (Phi) is 8.31. The summed E-state index contributed by atoms with van der Waals surface area (Å²) in [6.45, 7) is 9.55. The second-order valence-corrected chi connectivity index (χ2v) is 20.8. The van der Waals surface area contributed by atoms with Crippen LogP contribution >= 0.6 is 0 Å². The van der Waals surface area contributed by atoms with Crippen molar-refractivity contribution in [1.82, 2.24) is 0 Å². The zero-order valence-electron chi connectivity index (χ0n) is 38.9. The van der Waals surface area contributed by atoms with Gasteiger partial charge in [0.1, 0.15) is 0 Å². The lowest BCUT2D eigenvalue weighted by Gasteiger charge is -2.32. The molecule has 10 aromatic carbocycles. The van der Waals surface area contributed by atoms with Gasteiger partial charge in [0.2, 0.25) is 0 Å². The molecule has 0 nitrogen and oxygen atoms in total. The highest BCUT2D eigenvalue weighted by Crippen LogP contribution is 2.53. The Balaban J connectivity index is 0.804. The molecule has 2 unspecified atom stereocenters. The van der Waals surface area contributed by atoms with E-state index in [1.807, 2.05) is 0 Å². The number of benzene rings is 10. The van der Waals surface area contributed by atoms with Crippen LogP contribution in [-0.4, -0.2) is 0 Å². The molecule has 0 fully saturated rings. The lowest BCUT2D eigenvalue weighted by Crippen LogP contribution is -2.17. The highest BCUT2D eigenvalue weighted by Gasteiger charge is 2.38. The molecule has 0 radical (unpaired) electrons. The van der Waals surface area contributed by atoms with Gasteiger partial charge in [0.25, 0.3) is 0 Å². The third-order valence-corrected chi connectivity index (χ3v) is 16.5. The van der Waals surface area contributed by atoms with Crippen LogP contribution in [0.15, 0.2) is 212 Å². The lowest BCUT2D eigenvalue weighted by molar-refractivity contribution is 0.659. The quantitative estimate of drug-likeness (QED) is 0.155. The standard InChI is InChI=1S/C68H50/c1-67(2)63-19-10-9-18-56(63)57-31-27-47(39-64(57)67)48-28-33-59-58-32-26-46(38-65(58)68(3,4)66(59)40-48)45-23-21-42-25-29-54-55(61(42)36-45)30-24-41-20-22-44(35-60(41)54)43-13-11-14-49(34-43)62-37-50-12-5-6-15-51(50)52-16-7-8-17-53(52)62/h5-40,52-53H,1-4H3. The SMILES string of the molecule is CC1(C)c2ccccc2-c2ccc(-c3ccc4c(c3)C(C)(C)c3cc(-c5ccc6ccc7c8cc(-c9cccc(C%10=Cc%11ccccc%11C%11C=CC=CC%10%11)c9)ccc8ccc7c6c5)ccc3-4)cc21.